The molecule has 0 radical (unpaired) electrons. The molecule has 2 aliphatic rings. The van der Waals surface area contributed by atoms with Crippen molar-refractivity contribution in [3.05, 3.63) is 101 Å². The highest BCUT2D eigenvalue weighted by atomic mass is 16.2. The molecule has 1 atom stereocenters. The van der Waals surface area contributed by atoms with Crippen molar-refractivity contribution in [1.29, 1.82) is 0 Å². The lowest BCUT2D eigenvalue weighted by Gasteiger charge is -2.25. The Bertz CT molecular complexity index is 1040. The van der Waals surface area contributed by atoms with Crippen LogP contribution in [0.2, 0.25) is 0 Å². The number of nitrogens with one attached hydrogen (secondary N) is 1. The van der Waals surface area contributed by atoms with Crippen LogP contribution in [-0.2, 0) is 6.42 Å². The number of amides is 2. The molecule has 1 N–H and O–H groups in total. The Morgan fingerprint density at radius 3 is 2.11 bits per heavy atom. The molecular weight excluding hydrogens is 336 g/mol. The maximum absolute atomic E-state index is 12.8. The average molecular weight is 354 g/mol. The summed E-state index contributed by atoms with van der Waals surface area (Å²) in [6.45, 7) is 0.303. The second-order valence-electron chi connectivity index (χ2n) is 7.00. The fourth-order valence-electron chi connectivity index (χ4n) is 4.05. The van der Waals surface area contributed by atoms with Crippen molar-refractivity contribution in [3.8, 4) is 0 Å². The van der Waals surface area contributed by atoms with Gasteiger partial charge in [-0.15, -0.1) is 0 Å². The number of para-hydroxylation sites is 1. The Hall–Kier alpha value is -3.40. The first-order valence-corrected chi connectivity index (χ1v) is 9.10. The maximum Gasteiger partial charge on any atom is 0.261 e. The van der Waals surface area contributed by atoms with Crippen molar-refractivity contribution >= 4 is 17.5 Å². The molecule has 27 heavy (non-hydrogen) atoms. The van der Waals surface area contributed by atoms with Crippen LogP contribution in [0.1, 0.15) is 43.4 Å². The van der Waals surface area contributed by atoms with Gasteiger partial charge in [0.05, 0.1) is 23.7 Å². The molecule has 4 heteroatoms. The van der Waals surface area contributed by atoms with Crippen molar-refractivity contribution in [2.45, 2.75) is 12.5 Å². The van der Waals surface area contributed by atoms with Crippen LogP contribution in [-0.4, -0.2) is 23.3 Å². The number of hydrogen-bond donors (Lipinski definition) is 1. The molecule has 0 saturated carbocycles. The van der Waals surface area contributed by atoms with Gasteiger partial charge in [0.25, 0.3) is 11.8 Å². The van der Waals surface area contributed by atoms with E-state index in [-0.39, 0.29) is 17.9 Å². The highest BCUT2D eigenvalue weighted by molar-refractivity contribution is 6.21. The van der Waals surface area contributed by atoms with E-state index in [0.29, 0.717) is 17.7 Å². The molecular formula is C23H18N2O2. The normalized spacial score (nSPS) is 17.6. The van der Waals surface area contributed by atoms with Crippen molar-refractivity contribution in [1.82, 2.24) is 4.90 Å². The van der Waals surface area contributed by atoms with Crippen molar-refractivity contribution in [2.24, 2.45) is 0 Å². The number of benzene rings is 3. The molecule has 0 aliphatic carbocycles. The third kappa shape index (κ3) is 2.53. The highest BCUT2D eigenvalue weighted by Crippen LogP contribution is 2.34. The second kappa shape index (κ2) is 6.09. The monoisotopic (exact) mass is 354 g/mol. The zero-order valence-corrected chi connectivity index (χ0v) is 14.7. The summed E-state index contributed by atoms with van der Waals surface area (Å²) in [4.78, 5) is 27.0. The molecule has 132 valence electrons. The molecule has 3 aromatic rings. The van der Waals surface area contributed by atoms with Gasteiger partial charge in [-0.05, 0) is 41.3 Å². The lowest BCUT2D eigenvalue weighted by molar-refractivity contribution is 0.0648. The van der Waals surface area contributed by atoms with E-state index < -0.39 is 0 Å². The molecule has 2 amide bonds. The van der Waals surface area contributed by atoms with E-state index in [0.717, 1.165) is 17.7 Å². The zero-order valence-electron chi connectivity index (χ0n) is 14.7. The number of nitrogens with zero attached hydrogens (tertiary/aromatic N) is 1. The van der Waals surface area contributed by atoms with E-state index >= 15 is 0 Å². The van der Waals surface area contributed by atoms with Crippen LogP contribution < -0.4 is 5.32 Å². The smallest absolute Gasteiger partial charge is 0.261 e. The van der Waals surface area contributed by atoms with Crippen LogP contribution in [0.15, 0.2) is 72.8 Å². The van der Waals surface area contributed by atoms with Gasteiger partial charge < -0.3 is 5.32 Å². The van der Waals surface area contributed by atoms with Gasteiger partial charge in [0, 0.05) is 5.69 Å². The van der Waals surface area contributed by atoms with E-state index in [9.17, 15) is 9.59 Å². The standard InChI is InChI=1S/C23H18N2O2/c26-22-18-10-4-5-11-19(18)23(27)25(22)14-21-17-9-3-1-7-15(17)13-16-8-2-6-12-20(16)24-21/h1-12,21,24H,13-14H2/t21-/m1/s1. The summed E-state index contributed by atoms with van der Waals surface area (Å²) >= 11 is 0. The quantitative estimate of drug-likeness (QED) is 0.707. The predicted octanol–water partition coefficient (Wildman–Crippen LogP) is 4.04. The van der Waals surface area contributed by atoms with Gasteiger partial charge in [-0.1, -0.05) is 54.6 Å². The van der Waals surface area contributed by atoms with Gasteiger partial charge >= 0.3 is 0 Å². The summed E-state index contributed by atoms with van der Waals surface area (Å²) in [7, 11) is 0. The summed E-state index contributed by atoms with van der Waals surface area (Å²) < 4.78 is 0. The molecule has 5 rings (SSSR count). The van der Waals surface area contributed by atoms with E-state index in [4.69, 9.17) is 0 Å². The average Bonchev–Trinajstić information content (AvgIpc) is 2.86. The first-order valence-electron chi connectivity index (χ1n) is 9.10. The minimum absolute atomic E-state index is 0.146. The summed E-state index contributed by atoms with van der Waals surface area (Å²) in [6.07, 6.45) is 0.831. The van der Waals surface area contributed by atoms with Crippen molar-refractivity contribution in [3.63, 3.8) is 0 Å². The molecule has 0 fully saturated rings. The van der Waals surface area contributed by atoms with Gasteiger partial charge in [0.2, 0.25) is 0 Å². The molecule has 4 nitrogen and oxygen atoms in total. The first kappa shape index (κ1) is 15.8. The maximum atomic E-state index is 12.8. The van der Waals surface area contributed by atoms with Crippen LogP contribution >= 0.6 is 0 Å². The molecule has 2 aliphatic heterocycles. The van der Waals surface area contributed by atoms with Crippen LogP contribution in [0.5, 0.6) is 0 Å². The van der Waals surface area contributed by atoms with Gasteiger partial charge in [0.1, 0.15) is 0 Å². The summed E-state index contributed by atoms with van der Waals surface area (Å²) in [5, 5.41) is 3.56. The third-order valence-corrected chi connectivity index (χ3v) is 5.40. The third-order valence-electron chi connectivity index (χ3n) is 5.40. The molecule has 2 heterocycles. The number of rotatable bonds is 2. The molecule has 0 unspecified atom stereocenters. The van der Waals surface area contributed by atoms with E-state index in [2.05, 4.69) is 29.6 Å². The number of carbonyl (C=O) groups excluding carboxylic acids is 2. The van der Waals surface area contributed by atoms with Gasteiger partial charge in [-0.2, -0.15) is 0 Å². The van der Waals surface area contributed by atoms with Gasteiger partial charge in [-0.25, -0.2) is 0 Å². The molecule has 3 aromatic carbocycles. The summed E-state index contributed by atoms with van der Waals surface area (Å²) in [6, 6.07) is 23.3. The fraction of sp³-hybridized carbons (Fsp3) is 0.130. The van der Waals surface area contributed by atoms with Gasteiger partial charge in [0.15, 0.2) is 0 Å². The zero-order chi connectivity index (χ0) is 18.4. The summed E-state index contributed by atoms with van der Waals surface area (Å²) in [5.74, 6) is -0.431. The molecule has 0 aromatic heterocycles. The lowest BCUT2D eigenvalue weighted by Crippen LogP contribution is -2.36. The van der Waals surface area contributed by atoms with Gasteiger partial charge in [-0.3, -0.25) is 14.5 Å². The molecule has 0 spiro atoms. The molecule has 0 saturated heterocycles. The SMILES string of the molecule is O=C1c2ccccc2C(=O)N1C[C@H]1Nc2ccccc2Cc2ccccc21. The topological polar surface area (TPSA) is 49.4 Å². The Labute approximate surface area is 157 Å². The number of carbonyl (C=O) groups is 2. The highest BCUT2D eigenvalue weighted by Gasteiger charge is 2.37. The number of imide groups is 1. The Morgan fingerprint density at radius 1 is 0.778 bits per heavy atom. The fourth-order valence-corrected chi connectivity index (χ4v) is 4.05. The largest absolute Gasteiger partial charge is 0.376 e. The Balaban J connectivity index is 1.54. The number of fused-ring (bicyclic) bond motifs is 3. The van der Waals surface area contributed by atoms with Crippen LogP contribution in [0.4, 0.5) is 5.69 Å². The van der Waals surface area contributed by atoms with E-state index in [1.54, 1.807) is 24.3 Å². The summed E-state index contributed by atoms with van der Waals surface area (Å²) in [5.41, 5.74) is 5.60. The minimum atomic E-state index is -0.215. The number of anilines is 1. The Morgan fingerprint density at radius 2 is 1.37 bits per heavy atom. The number of hydrogen-bond acceptors (Lipinski definition) is 3. The first-order chi connectivity index (χ1) is 13.2. The minimum Gasteiger partial charge on any atom is -0.376 e. The van der Waals surface area contributed by atoms with Crippen LogP contribution in [0, 0.1) is 0 Å². The van der Waals surface area contributed by atoms with Crippen LogP contribution in [0.25, 0.3) is 0 Å². The van der Waals surface area contributed by atoms with Crippen LogP contribution in [0.3, 0.4) is 0 Å². The van der Waals surface area contributed by atoms with Crippen molar-refractivity contribution in [2.75, 3.05) is 11.9 Å². The molecule has 0 bridgehead atoms. The lowest BCUT2D eigenvalue weighted by atomic mass is 9.97. The predicted molar refractivity (Wildman–Crippen MR) is 104 cm³/mol. The van der Waals surface area contributed by atoms with E-state index in [1.807, 2.05) is 24.3 Å². The second-order valence-corrected chi connectivity index (χ2v) is 7.00. The van der Waals surface area contributed by atoms with Crippen molar-refractivity contribution < 1.29 is 9.59 Å². The van der Waals surface area contributed by atoms with E-state index in [1.165, 1.54) is 16.0 Å². The Kier molecular flexibility index (Phi) is 3.57.